The molecule has 0 aromatic carbocycles. The lowest BCUT2D eigenvalue weighted by atomic mass is 10.0. The fourth-order valence-corrected chi connectivity index (χ4v) is 3.72. The summed E-state index contributed by atoms with van der Waals surface area (Å²) in [4.78, 5) is 14.2. The first kappa shape index (κ1) is 14.8. The minimum Gasteiger partial charge on any atom is -0.369 e. The van der Waals surface area contributed by atoms with Gasteiger partial charge in [0, 0.05) is 55.2 Å². The van der Waals surface area contributed by atoms with Gasteiger partial charge in [0.25, 0.3) is 0 Å². The summed E-state index contributed by atoms with van der Waals surface area (Å²) in [6, 6.07) is 3.94. The van der Waals surface area contributed by atoms with Gasteiger partial charge in [-0.05, 0) is 36.5 Å². The van der Waals surface area contributed by atoms with Gasteiger partial charge in [-0.15, -0.1) is 0 Å². The van der Waals surface area contributed by atoms with Crippen LogP contribution in [-0.2, 0) is 0 Å². The van der Waals surface area contributed by atoms with Crippen LogP contribution in [0, 0.1) is 5.82 Å². The molecule has 6 heteroatoms. The van der Waals surface area contributed by atoms with Crippen molar-refractivity contribution in [3.63, 3.8) is 0 Å². The zero-order chi connectivity index (χ0) is 16.8. The third-order valence-electron chi connectivity index (χ3n) is 5.18. The highest BCUT2D eigenvalue weighted by Gasteiger charge is 2.29. The van der Waals surface area contributed by atoms with E-state index in [4.69, 9.17) is 0 Å². The molecule has 0 radical (unpaired) electrons. The second kappa shape index (κ2) is 5.81. The molecule has 5 rings (SSSR count). The number of halogens is 1. The molecule has 0 bridgehead atoms. The molecule has 25 heavy (non-hydrogen) atoms. The van der Waals surface area contributed by atoms with Gasteiger partial charge in [-0.3, -0.25) is 4.98 Å². The summed E-state index contributed by atoms with van der Waals surface area (Å²) in [5.74, 6) is 0.283. The number of H-pyrrole nitrogens is 1. The Morgan fingerprint density at radius 2 is 1.96 bits per heavy atom. The summed E-state index contributed by atoms with van der Waals surface area (Å²) >= 11 is 0. The Balaban J connectivity index is 1.66. The lowest BCUT2D eigenvalue weighted by Gasteiger charge is -2.31. The number of anilines is 1. The first-order chi connectivity index (χ1) is 12.3. The van der Waals surface area contributed by atoms with Gasteiger partial charge in [0.05, 0.1) is 11.9 Å². The first-order valence-electron chi connectivity index (χ1n) is 8.89. The standard InChI is InChI=1S/C19H20FN5/c20-15-11-24-19-13(3-4-22-19)18(15)16-9-17(25-7-5-21-6-8-25)14(10-23-16)12-1-2-12/h3-4,9-12,21H,1-2,5-8H2,(H,22,24). The van der Waals surface area contributed by atoms with Gasteiger partial charge in [0.1, 0.15) is 5.65 Å². The molecule has 3 aromatic rings. The van der Waals surface area contributed by atoms with Crippen molar-refractivity contribution in [2.45, 2.75) is 18.8 Å². The maximum Gasteiger partial charge on any atom is 0.151 e. The van der Waals surface area contributed by atoms with E-state index in [-0.39, 0.29) is 5.82 Å². The smallest absolute Gasteiger partial charge is 0.151 e. The van der Waals surface area contributed by atoms with Crippen LogP contribution in [0.4, 0.5) is 10.1 Å². The van der Waals surface area contributed by atoms with Gasteiger partial charge in [0.15, 0.2) is 5.82 Å². The van der Waals surface area contributed by atoms with Crippen molar-refractivity contribution >= 4 is 16.7 Å². The van der Waals surface area contributed by atoms with Crippen molar-refractivity contribution in [3.05, 3.63) is 42.1 Å². The SMILES string of the molecule is Fc1cnc2[nH]ccc2c1-c1cc(N2CCNCC2)c(C2CC2)cn1. The summed E-state index contributed by atoms with van der Waals surface area (Å²) in [6.45, 7) is 3.91. The summed E-state index contributed by atoms with van der Waals surface area (Å²) in [6.07, 6.45) is 7.48. The average Bonchev–Trinajstić information content (AvgIpc) is 3.39. The second-order valence-corrected chi connectivity index (χ2v) is 6.86. The Morgan fingerprint density at radius 1 is 1.12 bits per heavy atom. The first-order valence-corrected chi connectivity index (χ1v) is 8.89. The molecule has 0 spiro atoms. The van der Waals surface area contributed by atoms with Gasteiger partial charge < -0.3 is 15.2 Å². The number of fused-ring (bicyclic) bond motifs is 1. The number of aromatic amines is 1. The fourth-order valence-electron chi connectivity index (χ4n) is 3.72. The predicted octanol–water partition coefficient (Wildman–Crippen LogP) is 3.05. The van der Waals surface area contributed by atoms with Crippen LogP contribution in [0.15, 0.2) is 30.7 Å². The van der Waals surface area contributed by atoms with Crippen LogP contribution in [0.2, 0.25) is 0 Å². The second-order valence-electron chi connectivity index (χ2n) is 6.86. The van der Waals surface area contributed by atoms with Crippen molar-refractivity contribution in [1.82, 2.24) is 20.3 Å². The highest BCUT2D eigenvalue weighted by Crippen LogP contribution is 2.45. The lowest BCUT2D eigenvalue weighted by molar-refractivity contribution is 0.587. The van der Waals surface area contributed by atoms with Crippen molar-refractivity contribution in [2.75, 3.05) is 31.1 Å². The zero-order valence-electron chi connectivity index (χ0n) is 13.9. The summed E-state index contributed by atoms with van der Waals surface area (Å²) in [7, 11) is 0. The molecule has 3 aromatic heterocycles. The lowest BCUT2D eigenvalue weighted by Crippen LogP contribution is -2.43. The van der Waals surface area contributed by atoms with Crippen LogP contribution in [-0.4, -0.2) is 41.1 Å². The monoisotopic (exact) mass is 337 g/mol. The fraction of sp³-hybridized carbons (Fsp3) is 0.368. The van der Waals surface area contributed by atoms with Gasteiger partial charge in [0.2, 0.25) is 0 Å². The molecular formula is C19H20FN5. The minimum atomic E-state index is -0.329. The van der Waals surface area contributed by atoms with Crippen molar-refractivity contribution < 1.29 is 4.39 Å². The predicted molar refractivity (Wildman–Crippen MR) is 96.3 cm³/mol. The van der Waals surface area contributed by atoms with Crippen LogP contribution in [0.25, 0.3) is 22.3 Å². The molecule has 1 aliphatic carbocycles. The van der Waals surface area contributed by atoms with Gasteiger partial charge >= 0.3 is 0 Å². The van der Waals surface area contributed by atoms with E-state index < -0.39 is 0 Å². The number of nitrogens with zero attached hydrogens (tertiary/aromatic N) is 3. The molecule has 4 heterocycles. The highest BCUT2D eigenvalue weighted by atomic mass is 19.1. The maximum absolute atomic E-state index is 14.6. The molecule has 128 valence electrons. The number of hydrogen-bond donors (Lipinski definition) is 2. The molecule has 1 aliphatic heterocycles. The van der Waals surface area contributed by atoms with E-state index >= 15 is 0 Å². The molecule has 1 saturated heterocycles. The number of rotatable bonds is 3. The van der Waals surface area contributed by atoms with Gasteiger partial charge in [-0.1, -0.05) is 0 Å². The molecular weight excluding hydrogens is 317 g/mol. The topological polar surface area (TPSA) is 56.8 Å². The van der Waals surface area contributed by atoms with Crippen LogP contribution in [0.5, 0.6) is 0 Å². The highest BCUT2D eigenvalue weighted by molar-refractivity contribution is 5.92. The van der Waals surface area contributed by atoms with Gasteiger partial charge in [-0.2, -0.15) is 0 Å². The molecule has 0 amide bonds. The Kier molecular flexibility index (Phi) is 3.45. The number of aromatic nitrogens is 3. The Bertz CT molecular complexity index is 925. The Labute approximate surface area is 145 Å². The van der Waals surface area contributed by atoms with E-state index in [0.29, 0.717) is 22.8 Å². The molecule has 2 N–H and O–H groups in total. The number of pyridine rings is 2. The third kappa shape index (κ3) is 2.57. The van der Waals surface area contributed by atoms with Crippen LogP contribution < -0.4 is 10.2 Å². The minimum absolute atomic E-state index is 0.329. The summed E-state index contributed by atoms with van der Waals surface area (Å²) < 4.78 is 14.6. The van der Waals surface area contributed by atoms with Gasteiger partial charge in [-0.25, -0.2) is 9.37 Å². The summed E-state index contributed by atoms with van der Waals surface area (Å²) in [5, 5.41) is 4.17. The number of hydrogen-bond acceptors (Lipinski definition) is 4. The molecule has 5 nitrogen and oxygen atoms in total. The largest absolute Gasteiger partial charge is 0.369 e. The van der Waals surface area contributed by atoms with E-state index in [1.807, 2.05) is 12.3 Å². The normalized spacial score (nSPS) is 18.0. The Hall–Kier alpha value is -2.47. The molecule has 0 unspecified atom stereocenters. The van der Waals surface area contributed by atoms with Crippen molar-refractivity contribution in [2.24, 2.45) is 0 Å². The number of nitrogens with one attached hydrogen (secondary N) is 2. The van der Waals surface area contributed by atoms with E-state index in [0.717, 1.165) is 31.6 Å². The molecule has 2 aliphatic rings. The maximum atomic E-state index is 14.6. The summed E-state index contributed by atoms with van der Waals surface area (Å²) in [5.41, 5.74) is 4.43. The Morgan fingerprint density at radius 3 is 2.76 bits per heavy atom. The van der Waals surface area contributed by atoms with Crippen molar-refractivity contribution in [3.8, 4) is 11.3 Å². The van der Waals surface area contributed by atoms with E-state index in [2.05, 4.69) is 31.2 Å². The number of piperazine rings is 1. The molecule has 2 fully saturated rings. The van der Waals surface area contributed by atoms with E-state index in [1.165, 1.54) is 30.3 Å². The quantitative estimate of drug-likeness (QED) is 0.771. The zero-order valence-corrected chi connectivity index (χ0v) is 13.9. The molecule has 1 saturated carbocycles. The third-order valence-corrected chi connectivity index (χ3v) is 5.18. The average molecular weight is 337 g/mol. The van der Waals surface area contributed by atoms with Crippen molar-refractivity contribution in [1.29, 1.82) is 0 Å². The van der Waals surface area contributed by atoms with Crippen LogP contribution >= 0.6 is 0 Å². The van der Waals surface area contributed by atoms with Crippen LogP contribution in [0.3, 0.4) is 0 Å². The van der Waals surface area contributed by atoms with E-state index in [1.54, 1.807) is 6.20 Å². The van der Waals surface area contributed by atoms with E-state index in [9.17, 15) is 4.39 Å². The molecule has 0 atom stereocenters. The van der Waals surface area contributed by atoms with Crippen LogP contribution in [0.1, 0.15) is 24.3 Å².